The maximum atomic E-state index is 3.93. The Morgan fingerprint density at radius 2 is 1.26 bits per heavy atom. The van der Waals surface area contributed by atoms with Crippen molar-refractivity contribution >= 4 is 31.9 Å². The van der Waals surface area contributed by atoms with Crippen molar-refractivity contribution < 1.29 is 0 Å². The Kier molecular flexibility index (Phi) is 4.77. The van der Waals surface area contributed by atoms with Crippen LogP contribution in [0.2, 0.25) is 0 Å². The Labute approximate surface area is 157 Å². The summed E-state index contributed by atoms with van der Waals surface area (Å²) < 4.78 is 2.64. The molecule has 2 aliphatic rings. The second-order valence-electron chi connectivity index (χ2n) is 7.64. The molecule has 0 unspecified atom stereocenters. The van der Waals surface area contributed by atoms with Crippen molar-refractivity contribution in [1.29, 1.82) is 0 Å². The number of fused-ring (bicyclic) bond motifs is 4. The number of hydrogen-bond donors (Lipinski definition) is 0. The highest BCUT2D eigenvalue weighted by molar-refractivity contribution is 9.10. The monoisotopic (exact) mass is 434 g/mol. The van der Waals surface area contributed by atoms with Crippen LogP contribution in [-0.2, 0) is 31.1 Å². The van der Waals surface area contributed by atoms with Gasteiger partial charge in [-0.15, -0.1) is 0 Å². The van der Waals surface area contributed by atoms with Crippen LogP contribution in [0, 0.1) is 6.92 Å². The van der Waals surface area contributed by atoms with E-state index in [1.807, 2.05) is 0 Å². The third kappa shape index (κ3) is 3.30. The molecule has 0 heterocycles. The summed E-state index contributed by atoms with van der Waals surface area (Å²) in [7, 11) is 0. The van der Waals surface area contributed by atoms with Crippen molar-refractivity contribution in [3.05, 3.63) is 66.6 Å². The number of hydrogen-bond acceptors (Lipinski definition) is 0. The van der Waals surface area contributed by atoms with Gasteiger partial charge in [-0.25, -0.2) is 0 Å². The molecule has 2 aromatic carbocycles. The minimum Gasteiger partial charge on any atom is -0.0584 e. The van der Waals surface area contributed by atoms with Crippen molar-refractivity contribution in [3.8, 4) is 0 Å². The molecular weight excluding hydrogens is 412 g/mol. The van der Waals surface area contributed by atoms with Crippen LogP contribution in [0.5, 0.6) is 0 Å². The molecule has 0 N–H and O–H groups in total. The largest absolute Gasteiger partial charge is 0.0584 e. The van der Waals surface area contributed by atoms with Crippen molar-refractivity contribution in [2.75, 3.05) is 0 Å². The number of aryl methyl sites for hydroxylation is 3. The first-order valence-electron chi connectivity index (χ1n) is 8.36. The van der Waals surface area contributed by atoms with Crippen LogP contribution in [-0.4, -0.2) is 0 Å². The van der Waals surface area contributed by atoms with E-state index in [2.05, 4.69) is 83.8 Å². The molecule has 122 valence electrons. The lowest BCUT2D eigenvalue weighted by Crippen LogP contribution is -2.16. The second-order valence-corrected chi connectivity index (χ2v) is 9.22. The van der Waals surface area contributed by atoms with Gasteiger partial charge in [0, 0.05) is 8.95 Å². The van der Waals surface area contributed by atoms with Gasteiger partial charge in [0.2, 0.25) is 0 Å². The van der Waals surface area contributed by atoms with Crippen LogP contribution in [0.4, 0.5) is 0 Å². The van der Waals surface area contributed by atoms with Crippen molar-refractivity contribution in [1.82, 2.24) is 0 Å². The molecule has 2 aromatic rings. The average molecular weight is 436 g/mol. The molecule has 2 aliphatic carbocycles. The minimum absolute atomic E-state index is 0.176. The first-order chi connectivity index (χ1) is 10.8. The van der Waals surface area contributed by atoms with Gasteiger partial charge in [-0.2, -0.15) is 0 Å². The van der Waals surface area contributed by atoms with Crippen LogP contribution < -0.4 is 0 Å². The molecule has 0 nitrogen and oxygen atoms in total. The standard InChI is InChI=1S/C21H24Br2/c1-13-14-5-6-15(19(13)22)7-8-16-10-12-18(21(2,3)4)17(11-9-14)20(16)23/h5-6,10,12H,7-9,11H2,1-4H3. The van der Waals surface area contributed by atoms with Gasteiger partial charge in [0.1, 0.15) is 0 Å². The summed E-state index contributed by atoms with van der Waals surface area (Å²) in [6.45, 7) is 9.18. The predicted molar refractivity (Wildman–Crippen MR) is 107 cm³/mol. The Hall–Kier alpha value is -0.600. The van der Waals surface area contributed by atoms with Crippen LogP contribution in [0.25, 0.3) is 0 Å². The van der Waals surface area contributed by atoms with E-state index in [0.29, 0.717) is 0 Å². The summed E-state index contributed by atoms with van der Waals surface area (Å²) in [5, 5.41) is 0. The molecule has 0 saturated carbocycles. The van der Waals surface area contributed by atoms with E-state index < -0.39 is 0 Å². The lowest BCUT2D eigenvalue weighted by atomic mass is 9.81. The summed E-state index contributed by atoms with van der Waals surface area (Å²) in [4.78, 5) is 0. The van der Waals surface area contributed by atoms with Gasteiger partial charge in [-0.05, 0) is 71.4 Å². The molecular formula is C21H24Br2. The molecule has 0 saturated heterocycles. The van der Waals surface area contributed by atoms with E-state index in [0.717, 1.165) is 25.7 Å². The fraction of sp³-hybridized carbons (Fsp3) is 0.429. The zero-order valence-electron chi connectivity index (χ0n) is 14.4. The predicted octanol–water partition coefficient (Wildman–Crippen LogP) is 6.70. The summed E-state index contributed by atoms with van der Waals surface area (Å²) in [5.41, 5.74) is 8.86. The van der Waals surface area contributed by atoms with E-state index in [1.165, 1.54) is 42.3 Å². The van der Waals surface area contributed by atoms with Gasteiger partial charge >= 0.3 is 0 Å². The molecule has 0 radical (unpaired) electrons. The maximum absolute atomic E-state index is 3.93. The Balaban J connectivity index is 2.15. The third-order valence-corrected chi connectivity index (χ3v) is 7.11. The van der Waals surface area contributed by atoms with Crippen LogP contribution in [0.15, 0.2) is 33.2 Å². The van der Waals surface area contributed by atoms with Crippen molar-refractivity contribution in [3.63, 3.8) is 0 Å². The van der Waals surface area contributed by atoms with Gasteiger partial charge in [0.05, 0.1) is 0 Å². The molecule has 0 spiro atoms. The van der Waals surface area contributed by atoms with Gasteiger partial charge in [0.25, 0.3) is 0 Å². The van der Waals surface area contributed by atoms with Crippen molar-refractivity contribution in [2.24, 2.45) is 0 Å². The molecule has 2 heteroatoms. The number of rotatable bonds is 0. The quantitative estimate of drug-likeness (QED) is 0.431. The molecule has 4 bridgehead atoms. The van der Waals surface area contributed by atoms with E-state index in [9.17, 15) is 0 Å². The van der Waals surface area contributed by atoms with Crippen LogP contribution >= 0.6 is 31.9 Å². The highest BCUT2D eigenvalue weighted by Gasteiger charge is 2.22. The van der Waals surface area contributed by atoms with E-state index in [4.69, 9.17) is 0 Å². The second kappa shape index (κ2) is 6.37. The van der Waals surface area contributed by atoms with E-state index >= 15 is 0 Å². The zero-order chi connectivity index (χ0) is 16.8. The highest BCUT2D eigenvalue weighted by Crippen LogP contribution is 2.36. The first-order valence-corrected chi connectivity index (χ1v) is 9.95. The summed E-state index contributed by atoms with van der Waals surface area (Å²) in [6.07, 6.45) is 4.34. The van der Waals surface area contributed by atoms with E-state index in [1.54, 1.807) is 0 Å². The fourth-order valence-corrected chi connectivity index (χ4v) is 4.91. The topological polar surface area (TPSA) is 0 Å². The lowest BCUT2D eigenvalue weighted by Gasteiger charge is -2.25. The molecule has 0 atom stereocenters. The van der Waals surface area contributed by atoms with E-state index in [-0.39, 0.29) is 5.41 Å². The molecule has 4 rings (SSSR count). The average Bonchev–Trinajstić information content (AvgIpc) is 2.50. The smallest absolute Gasteiger partial charge is 0.0242 e. The molecule has 0 aromatic heterocycles. The summed E-state index contributed by atoms with van der Waals surface area (Å²) in [6, 6.07) is 9.31. The summed E-state index contributed by atoms with van der Waals surface area (Å²) in [5.74, 6) is 0. The maximum Gasteiger partial charge on any atom is 0.0242 e. The normalized spacial score (nSPS) is 14.7. The van der Waals surface area contributed by atoms with Gasteiger partial charge in [-0.1, -0.05) is 76.9 Å². The molecule has 0 aliphatic heterocycles. The van der Waals surface area contributed by atoms with Crippen LogP contribution in [0.3, 0.4) is 0 Å². The van der Waals surface area contributed by atoms with Crippen molar-refractivity contribution in [2.45, 2.75) is 58.8 Å². The highest BCUT2D eigenvalue weighted by atomic mass is 79.9. The van der Waals surface area contributed by atoms with Gasteiger partial charge in [0.15, 0.2) is 0 Å². The minimum atomic E-state index is 0.176. The number of benzene rings is 2. The Morgan fingerprint density at radius 3 is 1.91 bits per heavy atom. The lowest BCUT2D eigenvalue weighted by molar-refractivity contribution is 0.580. The fourth-order valence-electron chi connectivity index (χ4n) is 3.58. The zero-order valence-corrected chi connectivity index (χ0v) is 17.6. The third-order valence-electron chi connectivity index (χ3n) is 5.02. The SMILES string of the molecule is Cc1c2ccc(c1Br)CCc1ccc(C(C)(C)C)c(c1Br)CC2. The number of halogens is 2. The first kappa shape index (κ1) is 17.2. The van der Waals surface area contributed by atoms with Gasteiger partial charge < -0.3 is 0 Å². The van der Waals surface area contributed by atoms with Crippen LogP contribution in [0.1, 0.15) is 54.2 Å². The Bertz CT molecular complexity index is 751. The molecule has 0 fully saturated rings. The van der Waals surface area contributed by atoms with Gasteiger partial charge in [-0.3, -0.25) is 0 Å². The summed E-state index contributed by atoms with van der Waals surface area (Å²) >= 11 is 7.76. The molecule has 0 amide bonds. The Morgan fingerprint density at radius 1 is 0.739 bits per heavy atom. The molecule has 23 heavy (non-hydrogen) atoms.